The van der Waals surface area contributed by atoms with Crippen molar-refractivity contribution in [3.8, 4) is 5.75 Å². The molecule has 1 aliphatic heterocycles. The average molecular weight is 572 g/mol. The smallest absolute Gasteiger partial charge is 0.261 e. The Labute approximate surface area is 230 Å². The molecule has 2 N–H and O–H groups in total. The molecule has 3 aromatic rings. The molecule has 0 spiro atoms. The number of piperidine rings is 1. The minimum absolute atomic E-state index is 0.0733. The van der Waals surface area contributed by atoms with Crippen molar-refractivity contribution in [1.29, 1.82) is 0 Å². The van der Waals surface area contributed by atoms with Gasteiger partial charge in [-0.25, -0.2) is 16.8 Å². The van der Waals surface area contributed by atoms with Gasteiger partial charge in [0.25, 0.3) is 15.9 Å². The molecule has 9 nitrogen and oxygen atoms in total. The lowest BCUT2D eigenvalue weighted by Gasteiger charge is -2.25. The lowest BCUT2D eigenvalue weighted by molar-refractivity contribution is -0.123. The molecule has 0 unspecified atom stereocenters. The Morgan fingerprint density at radius 2 is 1.41 bits per heavy atom. The van der Waals surface area contributed by atoms with E-state index in [9.17, 15) is 21.6 Å². The summed E-state index contributed by atoms with van der Waals surface area (Å²) in [6.07, 6.45) is 2.80. The van der Waals surface area contributed by atoms with Crippen molar-refractivity contribution in [3.05, 3.63) is 83.4 Å². The van der Waals surface area contributed by atoms with Gasteiger partial charge >= 0.3 is 0 Å². The molecular weight excluding hydrogens is 538 g/mol. The molecule has 1 fully saturated rings. The predicted octanol–water partition coefficient (Wildman–Crippen LogP) is 3.97. The summed E-state index contributed by atoms with van der Waals surface area (Å²) in [5.74, 6) is -0.0176. The molecule has 0 radical (unpaired) electrons. The fourth-order valence-electron chi connectivity index (χ4n) is 4.40. The lowest BCUT2D eigenvalue weighted by Crippen LogP contribution is -2.35. The van der Waals surface area contributed by atoms with Gasteiger partial charge in [0.1, 0.15) is 5.75 Å². The molecule has 1 amide bonds. The zero-order valence-electron chi connectivity index (χ0n) is 22.0. The number of hydrogen-bond acceptors (Lipinski definition) is 6. The van der Waals surface area contributed by atoms with Crippen LogP contribution in [0.5, 0.6) is 5.75 Å². The second kappa shape index (κ2) is 12.2. The summed E-state index contributed by atoms with van der Waals surface area (Å²) in [5, 5.41) is 2.73. The Bertz CT molecular complexity index is 1490. The van der Waals surface area contributed by atoms with E-state index in [0.717, 1.165) is 36.0 Å². The van der Waals surface area contributed by atoms with Crippen LogP contribution in [0.15, 0.2) is 76.5 Å². The van der Waals surface area contributed by atoms with Gasteiger partial charge in [-0.15, -0.1) is 0 Å². The summed E-state index contributed by atoms with van der Waals surface area (Å²) in [6, 6.07) is 17.8. The van der Waals surface area contributed by atoms with Gasteiger partial charge in [0.05, 0.1) is 9.79 Å². The van der Waals surface area contributed by atoms with Crippen molar-refractivity contribution in [3.63, 3.8) is 0 Å². The van der Waals surface area contributed by atoms with Crippen LogP contribution in [0.25, 0.3) is 0 Å². The quantitative estimate of drug-likeness (QED) is 0.380. The van der Waals surface area contributed by atoms with Crippen LogP contribution in [0.2, 0.25) is 0 Å². The number of rotatable bonds is 10. The van der Waals surface area contributed by atoms with E-state index in [1.54, 1.807) is 36.4 Å². The van der Waals surface area contributed by atoms with E-state index >= 15 is 0 Å². The van der Waals surface area contributed by atoms with E-state index in [0.29, 0.717) is 24.5 Å². The highest BCUT2D eigenvalue weighted by atomic mass is 32.2. The summed E-state index contributed by atoms with van der Waals surface area (Å²) in [5.41, 5.74) is 3.15. The fraction of sp³-hybridized carbons (Fsp3) is 0.321. The SMILES string of the molecule is Cc1cc(C)cc(NS(=O)(=O)c2ccc(OCC(=O)NCc3ccc(S(=O)(=O)N4CCCCC4)cc3)cc2)c1. The Morgan fingerprint density at radius 3 is 2.03 bits per heavy atom. The van der Waals surface area contributed by atoms with Gasteiger partial charge in [-0.05, 0) is 91.9 Å². The maximum atomic E-state index is 12.8. The molecule has 1 heterocycles. The number of anilines is 1. The van der Waals surface area contributed by atoms with Crippen LogP contribution in [0.1, 0.15) is 36.0 Å². The number of hydrogen-bond donors (Lipinski definition) is 2. The van der Waals surface area contributed by atoms with Gasteiger partial charge in [0, 0.05) is 25.3 Å². The number of nitrogens with one attached hydrogen (secondary N) is 2. The van der Waals surface area contributed by atoms with E-state index in [2.05, 4.69) is 10.0 Å². The van der Waals surface area contributed by atoms with E-state index in [-0.39, 0.29) is 28.8 Å². The van der Waals surface area contributed by atoms with Crippen molar-refractivity contribution < 1.29 is 26.4 Å². The predicted molar refractivity (Wildman–Crippen MR) is 150 cm³/mol. The third-order valence-corrected chi connectivity index (χ3v) is 9.65. The van der Waals surface area contributed by atoms with Crippen molar-refractivity contribution in [2.75, 3.05) is 24.4 Å². The molecule has 4 rings (SSSR count). The first kappa shape index (κ1) is 28.6. The lowest BCUT2D eigenvalue weighted by atomic mass is 10.1. The summed E-state index contributed by atoms with van der Waals surface area (Å²) in [6.45, 7) is 4.84. The summed E-state index contributed by atoms with van der Waals surface area (Å²) >= 11 is 0. The Morgan fingerprint density at radius 1 is 0.821 bits per heavy atom. The average Bonchev–Trinajstić information content (AvgIpc) is 2.91. The zero-order valence-corrected chi connectivity index (χ0v) is 23.6. The van der Waals surface area contributed by atoms with Crippen LogP contribution in [0, 0.1) is 13.8 Å². The highest BCUT2D eigenvalue weighted by Gasteiger charge is 2.25. The molecule has 3 aromatic carbocycles. The monoisotopic (exact) mass is 571 g/mol. The topological polar surface area (TPSA) is 122 Å². The molecule has 0 atom stereocenters. The van der Waals surface area contributed by atoms with Crippen LogP contribution in [0.4, 0.5) is 5.69 Å². The second-order valence-corrected chi connectivity index (χ2v) is 13.2. The minimum Gasteiger partial charge on any atom is -0.484 e. The normalized spacial score (nSPS) is 14.5. The molecule has 39 heavy (non-hydrogen) atoms. The first-order valence-corrected chi connectivity index (χ1v) is 15.6. The van der Waals surface area contributed by atoms with Crippen molar-refractivity contribution in [2.45, 2.75) is 49.4 Å². The Hall–Kier alpha value is -3.41. The van der Waals surface area contributed by atoms with Gasteiger partial charge in [0.2, 0.25) is 10.0 Å². The molecule has 11 heteroatoms. The number of amides is 1. The van der Waals surface area contributed by atoms with Gasteiger partial charge in [-0.1, -0.05) is 24.6 Å². The van der Waals surface area contributed by atoms with E-state index in [4.69, 9.17) is 4.74 Å². The maximum Gasteiger partial charge on any atom is 0.261 e. The Kier molecular flexibility index (Phi) is 8.94. The van der Waals surface area contributed by atoms with Crippen LogP contribution in [-0.4, -0.2) is 46.7 Å². The third kappa shape index (κ3) is 7.59. The fourth-order valence-corrected chi connectivity index (χ4v) is 6.95. The summed E-state index contributed by atoms with van der Waals surface area (Å²) in [7, 11) is -7.28. The van der Waals surface area contributed by atoms with E-state index in [1.807, 2.05) is 19.9 Å². The molecule has 1 aliphatic rings. The highest BCUT2D eigenvalue weighted by molar-refractivity contribution is 7.92. The van der Waals surface area contributed by atoms with Crippen molar-refractivity contribution in [1.82, 2.24) is 9.62 Å². The van der Waals surface area contributed by atoms with Gasteiger partial charge in [0.15, 0.2) is 6.61 Å². The van der Waals surface area contributed by atoms with Crippen LogP contribution < -0.4 is 14.8 Å². The first-order chi connectivity index (χ1) is 18.5. The molecular formula is C28H33N3O6S2. The van der Waals surface area contributed by atoms with Crippen LogP contribution >= 0.6 is 0 Å². The van der Waals surface area contributed by atoms with E-state index < -0.39 is 20.0 Å². The third-order valence-electron chi connectivity index (χ3n) is 6.34. The van der Waals surface area contributed by atoms with Crippen molar-refractivity contribution >= 4 is 31.6 Å². The number of sulfonamides is 2. The highest BCUT2D eigenvalue weighted by Crippen LogP contribution is 2.22. The van der Waals surface area contributed by atoms with Gasteiger partial charge in [-0.2, -0.15) is 4.31 Å². The van der Waals surface area contributed by atoms with Crippen LogP contribution in [-0.2, 0) is 31.4 Å². The van der Waals surface area contributed by atoms with Crippen LogP contribution in [0.3, 0.4) is 0 Å². The zero-order chi connectivity index (χ0) is 28.0. The number of carbonyl (C=O) groups excluding carboxylic acids is 1. The minimum atomic E-state index is -3.78. The molecule has 0 aliphatic carbocycles. The number of ether oxygens (including phenoxy) is 1. The summed E-state index contributed by atoms with van der Waals surface area (Å²) in [4.78, 5) is 12.6. The molecule has 0 aromatic heterocycles. The molecule has 1 saturated heterocycles. The molecule has 208 valence electrons. The summed E-state index contributed by atoms with van der Waals surface area (Å²) < 4.78 is 60.6. The number of aryl methyl sites for hydroxylation is 2. The van der Waals surface area contributed by atoms with Gasteiger partial charge in [-0.3, -0.25) is 9.52 Å². The van der Waals surface area contributed by atoms with Crippen molar-refractivity contribution in [2.24, 2.45) is 0 Å². The Balaban J connectivity index is 1.26. The largest absolute Gasteiger partial charge is 0.484 e. The standard InChI is InChI=1S/C28H33N3O6S2/c1-21-16-22(2)18-24(17-21)30-38(33,34)26-12-8-25(9-13-26)37-20-28(32)29-19-23-6-10-27(11-7-23)39(35,36)31-14-4-3-5-15-31/h6-13,16-18,30H,3-5,14-15,19-20H2,1-2H3,(H,29,32). The number of carbonyl (C=O) groups is 1. The maximum absolute atomic E-state index is 12.8. The first-order valence-electron chi connectivity index (χ1n) is 12.7. The van der Waals surface area contributed by atoms with E-state index in [1.165, 1.54) is 28.6 Å². The number of nitrogens with zero attached hydrogens (tertiary/aromatic N) is 1. The second-order valence-electron chi connectivity index (χ2n) is 9.63. The molecule has 0 bridgehead atoms. The number of benzene rings is 3. The van der Waals surface area contributed by atoms with Gasteiger partial charge < -0.3 is 10.1 Å². The molecule has 0 saturated carbocycles.